The minimum atomic E-state index is 0. The summed E-state index contributed by atoms with van der Waals surface area (Å²) >= 11 is 0. The monoisotopic (exact) mass is 276 g/mol. The number of carbonyl (C=O) groups is 1. The minimum Gasteiger partial charge on any atom is -0.344 e. The van der Waals surface area contributed by atoms with Crippen molar-refractivity contribution in [3.05, 3.63) is 0 Å². The normalized spacial score (nSPS) is 17.9. The van der Waals surface area contributed by atoms with E-state index < -0.39 is 0 Å². The Morgan fingerprint density at radius 2 is 1.94 bits per heavy atom. The van der Waals surface area contributed by atoms with Crippen LogP contribution in [0.3, 0.4) is 0 Å². The Morgan fingerprint density at radius 1 is 1.33 bits per heavy atom. The van der Waals surface area contributed by atoms with Gasteiger partial charge < -0.3 is 10.2 Å². The molecule has 0 aromatic heterocycles. The van der Waals surface area contributed by atoms with E-state index in [1.54, 1.807) is 0 Å². The molecule has 108 valence electrons. The zero-order chi connectivity index (χ0) is 12.7. The number of halogens is 1. The first kappa shape index (κ1) is 17.7. The van der Waals surface area contributed by atoms with E-state index in [0.29, 0.717) is 5.91 Å². The molecule has 1 unspecified atom stereocenters. The molecular weight excluding hydrogens is 248 g/mol. The van der Waals surface area contributed by atoms with Crippen molar-refractivity contribution in [2.45, 2.75) is 45.4 Å². The molecule has 0 spiro atoms. The van der Waals surface area contributed by atoms with Crippen LogP contribution < -0.4 is 5.32 Å². The molecular formula is C14H29ClN2O. The Balaban J connectivity index is 0.00000289. The summed E-state index contributed by atoms with van der Waals surface area (Å²) in [6.45, 7) is 3.77. The van der Waals surface area contributed by atoms with E-state index in [4.69, 9.17) is 0 Å². The number of nitrogens with zero attached hydrogens (tertiary/aromatic N) is 1. The lowest BCUT2D eigenvalue weighted by Crippen LogP contribution is -2.36. The lowest BCUT2D eigenvalue weighted by atomic mass is 9.83. The van der Waals surface area contributed by atoms with E-state index in [2.05, 4.69) is 12.2 Å². The number of nitrogens with one attached hydrogen (secondary N) is 1. The van der Waals surface area contributed by atoms with Gasteiger partial charge in [-0.15, -0.1) is 12.4 Å². The van der Waals surface area contributed by atoms with Crippen LogP contribution in [0.5, 0.6) is 0 Å². The standard InChI is InChI=1S/C14H28N2O.ClH/c1-12(11-13-7-5-4-6-8-13)14(17)16(3)10-9-15-2;/h12-13,15H,4-11H2,1-3H3;1H. The largest absolute Gasteiger partial charge is 0.344 e. The third kappa shape index (κ3) is 6.05. The first-order valence-electron chi connectivity index (χ1n) is 7.04. The SMILES string of the molecule is CNCCN(C)C(=O)C(C)CC1CCCCC1.Cl. The molecule has 1 amide bonds. The van der Waals surface area contributed by atoms with Gasteiger partial charge in [-0.2, -0.15) is 0 Å². The average molecular weight is 277 g/mol. The first-order valence-corrected chi connectivity index (χ1v) is 7.04. The molecule has 18 heavy (non-hydrogen) atoms. The van der Waals surface area contributed by atoms with Crippen LogP contribution in [0.15, 0.2) is 0 Å². The van der Waals surface area contributed by atoms with Crippen LogP contribution in [0.4, 0.5) is 0 Å². The molecule has 0 aromatic carbocycles. The third-order valence-corrected chi connectivity index (χ3v) is 3.91. The van der Waals surface area contributed by atoms with E-state index in [1.165, 1.54) is 32.1 Å². The first-order chi connectivity index (χ1) is 8.15. The quantitative estimate of drug-likeness (QED) is 0.809. The molecule has 0 bridgehead atoms. The highest BCUT2D eigenvalue weighted by atomic mass is 35.5. The molecule has 1 atom stereocenters. The summed E-state index contributed by atoms with van der Waals surface area (Å²) in [5.41, 5.74) is 0. The fourth-order valence-electron chi connectivity index (χ4n) is 2.79. The molecule has 1 saturated carbocycles. The number of hydrogen-bond acceptors (Lipinski definition) is 2. The highest BCUT2D eigenvalue weighted by Gasteiger charge is 2.22. The van der Waals surface area contributed by atoms with Crippen molar-refractivity contribution >= 4 is 18.3 Å². The van der Waals surface area contributed by atoms with Gasteiger partial charge in [-0.25, -0.2) is 0 Å². The van der Waals surface area contributed by atoms with Gasteiger partial charge in [0.05, 0.1) is 0 Å². The molecule has 1 fully saturated rings. The van der Waals surface area contributed by atoms with Gasteiger partial charge in [0.1, 0.15) is 0 Å². The van der Waals surface area contributed by atoms with Crippen molar-refractivity contribution in [2.75, 3.05) is 27.2 Å². The summed E-state index contributed by atoms with van der Waals surface area (Å²) in [6, 6.07) is 0. The van der Waals surface area contributed by atoms with Gasteiger partial charge in [0.15, 0.2) is 0 Å². The van der Waals surface area contributed by atoms with Gasteiger partial charge in [-0.05, 0) is 19.4 Å². The number of likely N-dealkylation sites (N-methyl/N-ethyl adjacent to an activating group) is 2. The molecule has 1 rings (SSSR count). The molecule has 3 nitrogen and oxygen atoms in total. The fourth-order valence-corrected chi connectivity index (χ4v) is 2.79. The Kier molecular flexibility index (Phi) is 9.47. The van der Waals surface area contributed by atoms with Crippen LogP contribution in [-0.2, 0) is 4.79 Å². The zero-order valence-electron chi connectivity index (χ0n) is 12.1. The van der Waals surface area contributed by atoms with Crippen molar-refractivity contribution in [1.82, 2.24) is 10.2 Å². The Hall–Kier alpha value is -0.280. The lowest BCUT2D eigenvalue weighted by molar-refractivity contribution is -0.134. The molecule has 0 heterocycles. The van der Waals surface area contributed by atoms with Crippen molar-refractivity contribution in [3.63, 3.8) is 0 Å². The molecule has 1 aliphatic rings. The third-order valence-electron chi connectivity index (χ3n) is 3.91. The van der Waals surface area contributed by atoms with Gasteiger partial charge in [0.2, 0.25) is 5.91 Å². The number of hydrogen-bond donors (Lipinski definition) is 1. The summed E-state index contributed by atoms with van der Waals surface area (Å²) in [5, 5.41) is 3.08. The maximum Gasteiger partial charge on any atom is 0.225 e. The number of carbonyl (C=O) groups excluding carboxylic acids is 1. The summed E-state index contributed by atoms with van der Waals surface area (Å²) in [5.74, 6) is 1.30. The molecule has 1 N–H and O–H groups in total. The second-order valence-corrected chi connectivity index (χ2v) is 5.50. The van der Waals surface area contributed by atoms with Crippen molar-refractivity contribution in [2.24, 2.45) is 11.8 Å². The fraction of sp³-hybridized carbons (Fsp3) is 0.929. The predicted molar refractivity (Wildman–Crippen MR) is 79.2 cm³/mol. The second-order valence-electron chi connectivity index (χ2n) is 5.50. The summed E-state index contributed by atoms with van der Waals surface area (Å²) in [6.07, 6.45) is 7.86. The van der Waals surface area contributed by atoms with Gasteiger partial charge in [-0.3, -0.25) is 4.79 Å². The summed E-state index contributed by atoms with van der Waals surface area (Å²) in [7, 11) is 3.83. The van der Waals surface area contributed by atoms with Crippen LogP contribution in [-0.4, -0.2) is 38.0 Å². The van der Waals surface area contributed by atoms with Crippen molar-refractivity contribution in [1.29, 1.82) is 0 Å². The molecule has 0 radical (unpaired) electrons. The number of amides is 1. The average Bonchev–Trinajstić information content (AvgIpc) is 2.36. The van der Waals surface area contributed by atoms with Gasteiger partial charge in [0, 0.05) is 26.1 Å². The molecule has 0 aliphatic heterocycles. The molecule has 0 saturated heterocycles. The molecule has 0 aromatic rings. The topological polar surface area (TPSA) is 32.3 Å². The highest BCUT2D eigenvalue weighted by Crippen LogP contribution is 2.29. The van der Waals surface area contributed by atoms with Crippen LogP contribution in [0.2, 0.25) is 0 Å². The zero-order valence-corrected chi connectivity index (χ0v) is 12.9. The highest BCUT2D eigenvalue weighted by molar-refractivity contribution is 5.85. The Morgan fingerprint density at radius 3 is 2.50 bits per heavy atom. The summed E-state index contributed by atoms with van der Waals surface area (Å²) in [4.78, 5) is 14.0. The van der Waals surface area contributed by atoms with Crippen LogP contribution in [0, 0.1) is 11.8 Å². The lowest BCUT2D eigenvalue weighted by Gasteiger charge is -2.27. The Labute approximate surface area is 118 Å². The second kappa shape index (κ2) is 9.62. The van der Waals surface area contributed by atoms with Crippen LogP contribution in [0.1, 0.15) is 45.4 Å². The van der Waals surface area contributed by atoms with Crippen molar-refractivity contribution in [3.8, 4) is 0 Å². The van der Waals surface area contributed by atoms with Crippen LogP contribution in [0.25, 0.3) is 0 Å². The predicted octanol–water partition coefficient (Wildman–Crippen LogP) is 2.69. The summed E-state index contributed by atoms with van der Waals surface area (Å²) < 4.78 is 0. The van der Waals surface area contributed by atoms with E-state index in [1.807, 2.05) is 19.0 Å². The molecule has 1 aliphatic carbocycles. The van der Waals surface area contributed by atoms with E-state index in [0.717, 1.165) is 25.4 Å². The van der Waals surface area contributed by atoms with Gasteiger partial charge in [-0.1, -0.05) is 39.0 Å². The van der Waals surface area contributed by atoms with E-state index in [9.17, 15) is 4.79 Å². The number of rotatable bonds is 6. The maximum absolute atomic E-state index is 12.1. The van der Waals surface area contributed by atoms with E-state index in [-0.39, 0.29) is 18.3 Å². The maximum atomic E-state index is 12.1. The van der Waals surface area contributed by atoms with Gasteiger partial charge >= 0.3 is 0 Å². The smallest absolute Gasteiger partial charge is 0.225 e. The Bertz CT molecular complexity index is 230. The van der Waals surface area contributed by atoms with Crippen molar-refractivity contribution < 1.29 is 4.79 Å². The molecule has 4 heteroatoms. The van der Waals surface area contributed by atoms with Gasteiger partial charge in [0.25, 0.3) is 0 Å². The van der Waals surface area contributed by atoms with Crippen LogP contribution >= 0.6 is 12.4 Å². The minimum absolute atomic E-state index is 0. The van der Waals surface area contributed by atoms with E-state index >= 15 is 0 Å².